The van der Waals surface area contributed by atoms with Crippen molar-refractivity contribution in [3.63, 3.8) is 0 Å². The predicted octanol–water partition coefficient (Wildman–Crippen LogP) is -1.73. The van der Waals surface area contributed by atoms with Crippen LogP contribution in [0.5, 0.6) is 0 Å². The second-order valence-electron chi connectivity index (χ2n) is 5.61. The van der Waals surface area contributed by atoms with E-state index >= 15 is 0 Å². The maximum atomic E-state index is 6.12. The van der Waals surface area contributed by atoms with Gasteiger partial charge in [0.1, 0.15) is 0 Å². The fraction of sp³-hybridized carbons (Fsp3) is 0.467. The summed E-state index contributed by atoms with van der Waals surface area (Å²) < 4.78 is 6.77. The Morgan fingerprint density at radius 1 is 1.20 bits per heavy atom. The van der Waals surface area contributed by atoms with Gasteiger partial charge in [0.2, 0.25) is 0 Å². The Kier molecular flexibility index (Phi) is 9.17. The molecule has 0 saturated heterocycles. The topological polar surface area (TPSA) is 9.23 Å². The molecule has 0 amide bonds. The van der Waals surface area contributed by atoms with E-state index < -0.39 is 32.7 Å². The van der Waals surface area contributed by atoms with Crippen molar-refractivity contribution < 1.29 is 51.0 Å². The van der Waals surface area contributed by atoms with Crippen LogP contribution in [-0.2, 0) is 26.2 Å². The van der Waals surface area contributed by atoms with Crippen LogP contribution in [0, 0.1) is 0 Å². The maximum Gasteiger partial charge on any atom is -1.00 e. The van der Waals surface area contributed by atoms with Crippen molar-refractivity contribution in [3.05, 3.63) is 40.5 Å². The molecule has 1 aromatic rings. The molecule has 0 saturated carbocycles. The standard InChI is InChI=1S/C13H15.C2H7OSi.2ClH.Zr/c1-9(2)12-6-4-5-11-7-10(3)8-13(11)12;1-4(2)3;;;/h4-9H,1-3H3;4H,1-2H3;2*1H;/q;-1;;;+3/p-2. The average Bonchev–Trinajstić information content (AvgIpc) is 2.61. The van der Waals surface area contributed by atoms with Crippen LogP contribution < -0.4 is 24.8 Å². The van der Waals surface area contributed by atoms with E-state index in [2.05, 4.69) is 58.1 Å². The fourth-order valence-corrected chi connectivity index (χ4v) is 7.45. The van der Waals surface area contributed by atoms with Gasteiger partial charge in [0.05, 0.1) is 0 Å². The first-order chi connectivity index (χ1) is 8.50. The van der Waals surface area contributed by atoms with E-state index in [1.807, 2.05) is 0 Å². The zero-order chi connectivity index (χ0) is 13.3. The van der Waals surface area contributed by atoms with Crippen molar-refractivity contribution in [2.45, 2.75) is 43.4 Å². The molecule has 1 aliphatic rings. The molecule has 0 aromatic heterocycles. The molecule has 1 nitrogen and oxygen atoms in total. The van der Waals surface area contributed by atoms with Gasteiger partial charge in [-0.2, -0.15) is 0 Å². The van der Waals surface area contributed by atoms with Gasteiger partial charge in [-0.05, 0) is 0 Å². The third kappa shape index (κ3) is 4.55. The SMILES string of the molecule is CC1=Cc2c(C(C)C)cccc2[CH]1[Zr+2][O][SiH](C)C.[Cl-].[Cl-]. The average molecular weight is 409 g/mol. The molecule has 1 aromatic carbocycles. The predicted molar refractivity (Wildman–Crippen MR) is 76.9 cm³/mol. The molecule has 0 fully saturated rings. The minimum absolute atomic E-state index is 0. The summed E-state index contributed by atoms with van der Waals surface area (Å²) in [5.74, 6) is 0.605. The molecule has 1 aliphatic carbocycles. The van der Waals surface area contributed by atoms with Crippen LogP contribution in [0.2, 0.25) is 13.1 Å². The summed E-state index contributed by atoms with van der Waals surface area (Å²) in [5.41, 5.74) is 6.06. The number of rotatable bonds is 4. The summed E-state index contributed by atoms with van der Waals surface area (Å²) in [7, 11) is -0.852. The van der Waals surface area contributed by atoms with Gasteiger partial charge in [-0.3, -0.25) is 0 Å². The van der Waals surface area contributed by atoms with Crippen LogP contribution in [0.1, 0.15) is 47.0 Å². The minimum Gasteiger partial charge on any atom is -1.00 e. The Morgan fingerprint density at radius 2 is 1.85 bits per heavy atom. The molecule has 0 heterocycles. The summed E-state index contributed by atoms with van der Waals surface area (Å²) in [6.07, 6.45) is 2.40. The van der Waals surface area contributed by atoms with E-state index in [0.717, 1.165) is 0 Å². The number of fused-ring (bicyclic) bond motifs is 1. The van der Waals surface area contributed by atoms with E-state index in [1.165, 1.54) is 16.7 Å². The zero-order valence-corrected chi connectivity index (χ0v) is 17.8. The van der Waals surface area contributed by atoms with Crippen molar-refractivity contribution >= 4 is 15.1 Å². The quantitative estimate of drug-likeness (QED) is 0.539. The minimum atomic E-state index is -0.852. The zero-order valence-electron chi connectivity index (χ0n) is 12.7. The molecule has 1 unspecified atom stereocenters. The van der Waals surface area contributed by atoms with Gasteiger partial charge in [-0.25, -0.2) is 0 Å². The molecular formula is C15H22Cl2OSiZr. The Hall–Kier alpha value is 0.600. The van der Waals surface area contributed by atoms with E-state index in [0.29, 0.717) is 9.54 Å². The molecule has 2 rings (SSSR count). The smallest absolute Gasteiger partial charge is 1.00 e. The first kappa shape index (κ1) is 20.6. The number of halogens is 2. The third-order valence-electron chi connectivity index (χ3n) is 3.36. The van der Waals surface area contributed by atoms with Gasteiger partial charge >= 0.3 is 125 Å². The fourth-order valence-electron chi connectivity index (χ4n) is 2.44. The molecule has 20 heavy (non-hydrogen) atoms. The van der Waals surface area contributed by atoms with E-state index in [9.17, 15) is 0 Å². The second kappa shape index (κ2) is 8.90. The van der Waals surface area contributed by atoms with Gasteiger partial charge in [0.15, 0.2) is 0 Å². The number of benzene rings is 1. The van der Waals surface area contributed by atoms with Crippen LogP contribution >= 0.6 is 0 Å². The summed E-state index contributed by atoms with van der Waals surface area (Å²) in [6, 6.07) is 6.81. The van der Waals surface area contributed by atoms with E-state index in [-0.39, 0.29) is 24.8 Å². The Balaban J connectivity index is 0.00000180. The van der Waals surface area contributed by atoms with Gasteiger partial charge in [-0.15, -0.1) is 0 Å². The van der Waals surface area contributed by atoms with Gasteiger partial charge in [-0.1, -0.05) is 0 Å². The molecule has 0 spiro atoms. The van der Waals surface area contributed by atoms with Crippen molar-refractivity contribution in [1.82, 2.24) is 0 Å². The van der Waals surface area contributed by atoms with Crippen LogP contribution in [0.25, 0.3) is 6.08 Å². The van der Waals surface area contributed by atoms with Crippen LogP contribution in [0.15, 0.2) is 23.8 Å². The first-order valence-electron chi connectivity index (χ1n) is 6.73. The van der Waals surface area contributed by atoms with E-state index in [1.54, 1.807) is 5.56 Å². The summed E-state index contributed by atoms with van der Waals surface area (Å²) in [5, 5.41) is 0. The van der Waals surface area contributed by atoms with Gasteiger partial charge in [0.25, 0.3) is 0 Å². The largest absolute Gasteiger partial charge is 1.00 e. The summed E-state index contributed by atoms with van der Waals surface area (Å²) in [4.78, 5) is 0. The number of hydrogen-bond acceptors (Lipinski definition) is 1. The van der Waals surface area contributed by atoms with Gasteiger partial charge < -0.3 is 24.8 Å². The Labute approximate surface area is 149 Å². The summed E-state index contributed by atoms with van der Waals surface area (Å²) in [6.45, 7) is 11.4. The first-order valence-corrected chi connectivity index (χ1v) is 11.9. The second-order valence-corrected chi connectivity index (χ2v) is 11.7. The Bertz CT molecular complexity index is 475. The molecule has 0 N–H and O–H groups in total. The normalized spacial score (nSPS) is 16.1. The van der Waals surface area contributed by atoms with Crippen LogP contribution in [0.3, 0.4) is 0 Å². The molecule has 0 aliphatic heterocycles. The van der Waals surface area contributed by atoms with Crippen molar-refractivity contribution in [3.8, 4) is 0 Å². The molecule has 1 atom stereocenters. The Morgan fingerprint density at radius 3 is 2.40 bits per heavy atom. The molecule has 110 valence electrons. The third-order valence-corrected chi connectivity index (χ3v) is 10.9. The van der Waals surface area contributed by atoms with Crippen molar-refractivity contribution in [1.29, 1.82) is 0 Å². The van der Waals surface area contributed by atoms with Gasteiger partial charge in [0, 0.05) is 0 Å². The van der Waals surface area contributed by atoms with Crippen LogP contribution in [-0.4, -0.2) is 9.04 Å². The molecule has 5 heteroatoms. The maximum absolute atomic E-state index is 6.12. The van der Waals surface area contributed by atoms with Crippen molar-refractivity contribution in [2.24, 2.45) is 0 Å². The summed E-state index contributed by atoms with van der Waals surface area (Å²) >= 11 is -0.760. The molecule has 0 radical (unpaired) electrons. The monoisotopic (exact) mass is 406 g/mol. The van der Waals surface area contributed by atoms with E-state index in [4.69, 9.17) is 2.50 Å². The van der Waals surface area contributed by atoms with Crippen LogP contribution in [0.4, 0.5) is 0 Å². The molecular weight excluding hydrogens is 386 g/mol. The van der Waals surface area contributed by atoms with Crippen molar-refractivity contribution in [2.75, 3.05) is 0 Å². The molecule has 0 bridgehead atoms. The number of hydrogen-bond donors (Lipinski definition) is 0. The number of allylic oxidation sites excluding steroid dienone is 1.